The van der Waals surface area contributed by atoms with E-state index >= 15 is 0 Å². The summed E-state index contributed by atoms with van der Waals surface area (Å²) >= 11 is 0. The summed E-state index contributed by atoms with van der Waals surface area (Å²) in [4.78, 5) is 0. The minimum Gasteiger partial charge on any atom is -0.316 e. The first kappa shape index (κ1) is 20.4. The molecule has 3 rings (SSSR count). The third kappa shape index (κ3) is 4.74. The molecule has 0 aliphatic carbocycles. The van der Waals surface area contributed by atoms with Crippen LogP contribution in [0.4, 0.5) is 13.2 Å². The fourth-order valence-corrected chi connectivity index (χ4v) is 3.69. The maximum Gasteiger partial charge on any atom is 0.416 e. The van der Waals surface area contributed by atoms with Gasteiger partial charge in [0, 0.05) is 6.54 Å². The van der Waals surface area contributed by atoms with E-state index in [1.54, 1.807) is 6.07 Å². The molecule has 0 fully saturated rings. The molecule has 0 aromatic heterocycles. The first-order valence-electron chi connectivity index (χ1n) is 9.77. The second-order valence-electron chi connectivity index (χ2n) is 7.27. The van der Waals surface area contributed by atoms with Gasteiger partial charge in [0.25, 0.3) is 0 Å². The lowest BCUT2D eigenvalue weighted by Gasteiger charge is -2.17. The maximum absolute atomic E-state index is 12.8. The topological polar surface area (TPSA) is 12.0 Å². The van der Waals surface area contributed by atoms with Crippen LogP contribution in [0.2, 0.25) is 0 Å². The third-order valence-corrected chi connectivity index (χ3v) is 5.26. The van der Waals surface area contributed by atoms with E-state index in [4.69, 9.17) is 0 Å². The minimum absolute atomic E-state index is 0.317. The van der Waals surface area contributed by atoms with E-state index in [1.165, 1.54) is 34.0 Å². The Morgan fingerprint density at radius 2 is 1.68 bits per heavy atom. The van der Waals surface area contributed by atoms with Crippen LogP contribution in [-0.4, -0.2) is 13.1 Å². The molecule has 3 aromatic rings. The van der Waals surface area contributed by atoms with Crippen LogP contribution in [0, 0.1) is 0 Å². The van der Waals surface area contributed by atoms with Crippen molar-refractivity contribution < 1.29 is 13.2 Å². The average molecular weight is 385 g/mol. The summed E-state index contributed by atoms with van der Waals surface area (Å²) in [5, 5.41) is 5.99. The lowest BCUT2D eigenvalue weighted by Crippen LogP contribution is -2.23. The summed E-state index contributed by atoms with van der Waals surface area (Å²) in [6.07, 6.45) is -2.71. The van der Waals surface area contributed by atoms with Crippen molar-refractivity contribution in [3.8, 4) is 0 Å². The average Bonchev–Trinajstić information content (AvgIpc) is 2.69. The highest BCUT2D eigenvalue weighted by Crippen LogP contribution is 2.30. The Morgan fingerprint density at radius 3 is 2.39 bits per heavy atom. The number of halogens is 3. The van der Waals surface area contributed by atoms with Gasteiger partial charge in [0.15, 0.2) is 0 Å². The third-order valence-electron chi connectivity index (χ3n) is 5.26. The molecule has 0 bridgehead atoms. The van der Waals surface area contributed by atoms with Crippen LogP contribution in [0.1, 0.15) is 42.0 Å². The summed E-state index contributed by atoms with van der Waals surface area (Å²) in [5.74, 6) is 0.317. The van der Waals surface area contributed by atoms with Gasteiger partial charge < -0.3 is 5.32 Å². The Bertz CT molecular complexity index is 931. The van der Waals surface area contributed by atoms with Crippen LogP contribution >= 0.6 is 0 Å². The molecule has 0 saturated carbocycles. The van der Waals surface area contributed by atoms with Crippen LogP contribution in [0.5, 0.6) is 0 Å². The van der Waals surface area contributed by atoms with Crippen LogP contribution < -0.4 is 5.32 Å². The van der Waals surface area contributed by atoms with Crippen molar-refractivity contribution in [3.63, 3.8) is 0 Å². The van der Waals surface area contributed by atoms with E-state index in [0.717, 1.165) is 19.0 Å². The SMILES string of the molecule is CCc1ccc([C@@H](C)CNCCc2cccc(C(F)(F)F)c2)c2ccccc12. The largest absolute Gasteiger partial charge is 0.416 e. The highest BCUT2D eigenvalue weighted by atomic mass is 19.4. The zero-order chi connectivity index (χ0) is 20.1. The van der Waals surface area contributed by atoms with Gasteiger partial charge in [-0.15, -0.1) is 0 Å². The number of hydrogen-bond donors (Lipinski definition) is 1. The highest BCUT2D eigenvalue weighted by molar-refractivity contribution is 5.89. The number of nitrogens with one attached hydrogen (secondary N) is 1. The Hall–Kier alpha value is -2.33. The summed E-state index contributed by atoms with van der Waals surface area (Å²) in [6, 6.07) is 18.5. The quantitative estimate of drug-likeness (QED) is 0.467. The first-order valence-corrected chi connectivity index (χ1v) is 9.77. The predicted octanol–water partition coefficient (Wildman–Crippen LogP) is 6.36. The molecule has 0 aliphatic rings. The van der Waals surface area contributed by atoms with Crippen molar-refractivity contribution in [3.05, 3.63) is 82.9 Å². The van der Waals surface area contributed by atoms with Gasteiger partial charge in [0.05, 0.1) is 5.56 Å². The zero-order valence-corrected chi connectivity index (χ0v) is 16.3. The number of fused-ring (bicyclic) bond motifs is 1. The van der Waals surface area contributed by atoms with E-state index < -0.39 is 11.7 Å². The molecule has 0 aliphatic heterocycles. The molecular weight excluding hydrogens is 359 g/mol. The Labute approximate surface area is 164 Å². The van der Waals surface area contributed by atoms with Gasteiger partial charge in [-0.25, -0.2) is 0 Å². The van der Waals surface area contributed by atoms with Crippen molar-refractivity contribution in [2.24, 2.45) is 0 Å². The fourth-order valence-electron chi connectivity index (χ4n) is 3.69. The molecule has 1 atom stereocenters. The van der Waals surface area contributed by atoms with Gasteiger partial charge in [0.2, 0.25) is 0 Å². The van der Waals surface area contributed by atoms with Crippen LogP contribution in [-0.2, 0) is 19.0 Å². The first-order chi connectivity index (χ1) is 13.4. The molecule has 1 N–H and O–H groups in total. The van der Waals surface area contributed by atoms with E-state index in [1.807, 2.05) is 0 Å². The van der Waals surface area contributed by atoms with Crippen LogP contribution in [0.3, 0.4) is 0 Å². The summed E-state index contributed by atoms with van der Waals surface area (Å²) in [6.45, 7) is 5.79. The molecule has 0 spiro atoms. The van der Waals surface area contributed by atoms with Crippen molar-refractivity contribution in [2.75, 3.05) is 13.1 Å². The zero-order valence-electron chi connectivity index (χ0n) is 16.3. The summed E-state index contributed by atoms with van der Waals surface area (Å²) in [5.41, 5.74) is 2.78. The molecule has 1 nitrogen and oxygen atoms in total. The number of alkyl halides is 3. The molecule has 148 valence electrons. The standard InChI is InChI=1S/C24H26F3N/c1-3-19-11-12-21(23-10-5-4-9-22(19)23)17(2)16-28-14-13-18-7-6-8-20(15-18)24(25,26)27/h4-12,15,17,28H,3,13-14,16H2,1-2H3/t17-/m0/s1. The fraction of sp³-hybridized carbons (Fsp3) is 0.333. The van der Waals surface area contributed by atoms with E-state index in [2.05, 4.69) is 55.6 Å². The Morgan fingerprint density at radius 1 is 0.929 bits per heavy atom. The van der Waals surface area contributed by atoms with Crippen molar-refractivity contribution in [1.82, 2.24) is 5.32 Å². The number of hydrogen-bond acceptors (Lipinski definition) is 1. The van der Waals surface area contributed by atoms with Crippen molar-refractivity contribution in [1.29, 1.82) is 0 Å². The van der Waals surface area contributed by atoms with Gasteiger partial charge in [-0.2, -0.15) is 13.2 Å². The van der Waals surface area contributed by atoms with E-state index in [-0.39, 0.29) is 0 Å². The predicted molar refractivity (Wildman–Crippen MR) is 110 cm³/mol. The summed E-state index contributed by atoms with van der Waals surface area (Å²) < 4.78 is 38.4. The molecule has 0 amide bonds. The maximum atomic E-state index is 12.8. The monoisotopic (exact) mass is 385 g/mol. The molecule has 28 heavy (non-hydrogen) atoms. The van der Waals surface area contributed by atoms with Crippen molar-refractivity contribution in [2.45, 2.75) is 38.8 Å². The number of aryl methyl sites for hydroxylation is 1. The molecular formula is C24H26F3N. The summed E-state index contributed by atoms with van der Waals surface area (Å²) in [7, 11) is 0. The lowest BCUT2D eigenvalue weighted by atomic mass is 9.91. The molecule has 0 saturated heterocycles. The Kier molecular flexibility index (Phi) is 6.40. The second kappa shape index (κ2) is 8.78. The van der Waals surface area contributed by atoms with Gasteiger partial charge >= 0.3 is 6.18 Å². The van der Waals surface area contributed by atoms with Gasteiger partial charge in [0.1, 0.15) is 0 Å². The number of benzene rings is 3. The minimum atomic E-state index is -4.29. The molecule has 0 heterocycles. The van der Waals surface area contributed by atoms with E-state index in [0.29, 0.717) is 24.4 Å². The molecule has 3 aromatic carbocycles. The second-order valence-corrected chi connectivity index (χ2v) is 7.27. The van der Waals surface area contributed by atoms with Gasteiger partial charge in [-0.05, 0) is 58.8 Å². The number of rotatable bonds is 7. The normalized spacial score (nSPS) is 13.0. The van der Waals surface area contributed by atoms with Crippen LogP contribution in [0.15, 0.2) is 60.7 Å². The van der Waals surface area contributed by atoms with Crippen LogP contribution in [0.25, 0.3) is 10.8 Å². The van der Waals surface area contributed by atoms with Gasteiger partial charge in [-0.1, -0.05) is 68.4 Å². The van der Waals surface area contributed by atoms with E-state index in [9.17, 15) is 13.2 Å². The molecule has 0 radical (unpaired) electrons. The smallest absolute Gasteiger partial charge is 0.316 e. The molecule has 0 unspecified atom stereocenters. The highest BCUT2D eigenvalue weighted by Gasteiger charge is 2.30. The van der Waals surface area contributed by atoms with Crippen molar-refractivity contribution >= 4 is 10.8 Å². The lowest BCUT2D eigenvalue weighted by molar-refractivity contribution is -0.137. The van der Waals surface area contributed by atoms with Gasteiger partial charge in [-0.3, -0.25) is 0 Å². The Balaban J connectivity index is 1.61. The molecule has 4 heteroatoms.